The highest BCUT2D eigenvalue weighted by atomic mass is 32.2. The van der Waals surface area contributed by atoms with Gasteiger partial charge in [0.05, 0.1) is 0 Å². The topological polar surface area (TPSA) is 159 Å². The van der Waals surface area contributed by atoms with Gasteiger partial charge in [-0.15, -0.1) is 20.2 Å². The van der Waals surface area contributed by atoms with Gasteiger partial charge >= 0.3 is 0 Å². The monoisotopic (exact) mass is 330 g/mol. The summed E-state index contributed by atoms with van der Waals surface area (Å²) in [5.41, 5.74) is 0. The average Bonchev–Trinajstić information content (AvgIpc) is 2.36. The van der Waals surface area contributed by atoms with Crippen molar-refractivity contribution in [3.05, 3.63) is 50.6 Å². The Morgan fingerprint density at radius 3 is 2.18 bits per heavy atom. The lowest BCUT2D eigenvalue weighted by Gasteiger charge is -2.12. The molecule has 0 heterocycles. The molecular formula is C10H6N2O9S. The van der Waals surface area contributed by atoms with Crippen molar-refractivity contribution in [3.8, 4) is 11.5 Å². The van der Waals surface area contributed by atoms with Crippen molar-refractivity contribution in [2.75, 3.05) is 0 Å². The zero-order valence-electron chi connectivity index (χ0n) is 10.4. The van der Waals surface area contributed by atoms with Crippen LogP contribution in [0.4, 0.5) is 0 Å². The van der Waals surface area contributed by atoms with Gasteiger partial charge in [-0.2, -0.15) is 8.42 Å². The molecule has 0 saturated heterocycles. The molecule has 2 aromatic rings. The molecule has 0 bridgehead atoms. The quantitative estimate of drug-likeness (QED) is 0.483. The molecule has 0 amide bonds. The van der Waals surface area contributed by atoms with Crippen molar-refractivity contribution >= 4 is 20.9 Å². The summed E-state index contributed by atoms with van der Waals surface area (Å²) in [6.07, 6.45) is 0. The van der Waals surface area contributed by atoms with Gasteiger partial charge in [-0.25, -0.2) is 0 Å². The smallest absolute Gasteiger partial charge is 0.282 e. The fourth-order valence-corrected chi connectivity index (χ4v) is 2.67. The minimum Gasteiger partial charge on any atom is -0.282 e. The second-order valence-corrected chi connectivity index (χ2v) is 5.22. The highest BCUT2D eigenvalue weighted by Crippen LogP contribution is 2.40. The standard InChI is InChI=1S/C10H6N2O9S/c13-11(14)20-8-5-6-3-1-2-4-7(6)10(22(17,18)19)9(8)21-12(15)16/h1-5H,(H,17,18,19). The second-order valence-electron chi connectivity index (χ2n) is 3.86. The lowest BCUT2D eigenvalue weighted by atomic mass is 10.1. The number of nitrogens with zero attached hydrogens (tertiary/aromatic N) is 2. The van der Waals surface area contributed by atoms with Crippen LogP contribution in [0.1, 0.15) is 0 Å². The first-order chi connectivity index (χ1) is 10.2. The molecule has 0 spiro atoms. The fraction of sp³-hybridized carbons (Fsp3) is 0. The van der Waals surface area contributed by atoms with Crippen LogP contribution in [0.5, 0.6) is 11.5 Å². The van der Waals surface area contributed by atoms with Crippen LogP contribution in [-0.4, -0.2) is 23.1 Å². The molecule has 0 saturated carbocycles. The van der Waals surface area contributed by atoms with Gasteiger partial charge in [0.25, 0.3) is 20.3 Å². The molecule has 0 fully saturated rings. The second kappa shape index (κ2) is 5.42. The van der Waals surface area contributed by atoms with E-state index in [4.69, 9.17) is 0 Å². The highest BCUT2D eigenvalue weighted by molar-refractivity contribution is 7.86. The summed E-state index contributed by atoms with van der Waals surface area (Å²) < 4.78 is 32.3. The first kappa shape index (κ1) is 15.4. The molecule has 22 heavy (non-hydrogen) atoms. The summed E-state index contributed by atoms with van der Waals surface area (Å²) in [5, 5.41) is 18.3. The van der Waals surface area contributed by atoms with Gasteiger partial charge in [0.2, 0.25) is 0 Å². The molecule has 2 rings (SSSR count). The van der Waals surface area contributed by atoms with Crippen LogP contribution in [0.3, 0.4) is 0 Å². The summed E-state index contributed by atoms with van der Waals surface area (Å²) in [7, 11) is -5.00. The van der Waals surface area contributed by atoms with Crippen LogP contribution in [0.25, 0.3) is 10.8 Å². The van der Waals surface area contributed by atoms with Crippen LogP contribution < -0.4 is 9.68 Å². The Kier molecular flexibility index (Phi) is 3.79. The maximum absolute atomic E-state index is 11.5. The maximum atomic E-state index is 11.5. The van der Waals surface area contributed by atoms with Gasteiger partial charge in [-0.05, 0) is 11.5 Å². The Bertz CT molecular complexity index is 877. The van der Waals surface area contributed by atoms with Crippen molar-refractivity contribution in [1.82, 2.24) is 0 Å². The molecule has 0 radical (unpaired) electrons. The van der Waals surface area contributed by atoms with E-state index in [1.807, 2.05) is 0 Å². The van der Waals surface area contributed by atoms with Crippen LogP contribution in [0, 0.1) is 20.2 Å². The van der Waals surface area contributed by atoms with Gasteiger partial charge in [0, 0.05) is 5.39 Å². The predicted octanol–water partition coefficient (Wildman–Crippen LogP) is 1.23. The van der Waals surface area contributed by atoms with E-state index in [2.05, 4.69) is 9.68 Å². The Labute approximate surface area is 121 Å². The van der Waals surface area contributed by atoms with Crippen molar-refractivity contribution in [2.45, 2.75) is 4.90 Å². The number of hydrogen-bond donors (Lipinski definition) is 1. The van der Waals surface area contributed by atoms with E-state index in [0.717, 1.165) is 6.07 Å². The third kappa shape index (κ3) is 3.02. The lowest BCUT2D eigenvalue weighted by Crippen LogP contribution is -2.13. The van der Waals surface area contributed by atoms with Crippen molar-refractivity contribution < 1.29 is 32.8 Å². The Hall–Kier alpha value is -2.99. The van der Waals surface area contributed by atoms with Crippen LogP contribution >= 0.6 is 0 Å². The Morgan fingerprint density at radius 2 is 1.64 bits per heavy atom. The number of hydrogen-bond acceptors (Lipinski definition) is 8. The molecule has 0 aliphatic rings. The molecule has 0 aliphatic carbocycles. The number of benzene rings is 2. The molecular weight excluding hydrogens is 324 g/mol. The molecule has 0 atom stereocenters. The first-order valence-corrected chi connectivity index (χ1v) is 6.82. The molecule has 11 nitrogen and oxygen atoms in total. The molecule has 116 valence electrons. The van der Waals surface area contributed by atoms with Gasteiger partial charge in [-0.3, -0.25) is 14.2 Å². The number of fused-ring (bicyclic) bond motifs is 1. The zero-order chi connectivity index (χ0) is 16.5. The first-order valence-electron chi connectivity index (χ1n) is 5.38. The van der Waals surface area contributed by atoms with E-state index >= 15 is 0 Å². The fourth-order valence-electron chi connectivity index (χ4n) is 1.84. The third-order valence-corrected chi connectivity index (χ3v) is 3.44. The van der Waals surface area contributed by atoms with E-state index in [0.29, 0.717) is 0 Å². The van der Waals surface area contributed by atoms with E-state index < -0.39 is 36.7 Å². The molecule has 2 aromatic carbocycles. The van der Waals surface area contributed by atoms with Crippen molar-refractivity contribution in [3.63, 3.8) is 0 Å². The normalized spacial score (nSPS) is 11.1. The summed E-state index contributed by atoms with van der Waals surface area (Å²) >= 11 is 0. The summed E-state index contributed by atoms with van der Waals surface area (Å²) in [4.78, 5) is 28.1. The Balaban J connectivity index is 2.93. The third-order valence-electron chi connectivity index (χ3n) is 2.52. The predicted molar refractivity (Wildman–Crippen MR) is 69.0 cm³/mol. The van der Waals surface area contributed by atoms with Gasteiger partial charge in [-0.1, -0.05) is 24.3 Å². The zero-order valence-corrected chi connectivity index (χ0v) is 11.2. The molecule has 0 aromatic heterocycles. The number of rotatable bonds is 5. The van der Waals surface area contributed by atoms with Crippen LogP contribution in [0.15, 0.2) is 35.2 Å². The molecule has 0 unspecified atom stereocenters. The minimum absolute atomic E-state index is 0.127. The molecule has 1 N–H and O–H groups in total. The van der Waals surface area contributed by atoms with E-state index in [-0.39, 0.29) is 10.8 Å². The van der Waals surface area contributed by atoms with Gasteiger partial charge in [0.15, 0.2) is 11.5 Å². The van der Waals surface area contributed by atoms with Gasteiger partial charge in [0.1, 0.15) is 4.90 Å². The molecule has 0 aliphatic heterocycles. The van der Waals surface area contributed by atoms with Gasteiger partial charge < -0.3 is 0 Å². The summed E-state index contributed by atoms with van der Waals surface area (Å²) in [6.45, 7) is 0. The van der Waals surface area contributed by atoms with Crippen molar-refractivity contribution in [2.24, 2.45) is 0 Å². The van der Waals surface area contributed by atoms with Crippen LogP contribution in [-0.2, 0) is 10.1 Å². The van der Waals surface area contributed by atoms with E-state index in [9.17, 15) is 33.2 Å². The van der Waals surface area contributed by atoms with Crippen LogP contribution in [0.2, 0.25) is 0 Å². The van der Waals surface area contributed by atoms with Crippen molar-refractivity contribution in [1.29, 1.82) is 0 Å². The lowest BCUT2D eigenvalue weighted by molar-refractivity contribution is -0.722. The minimum atomic E-state index is -5.00. The summed E-state index contributed by atoms with van der Waals surface area (Å²) in [5.74, 6) is -1.93. The Morgan fingerprint density at radius 1 is 1.05 bits per heavy atom. The maximum Gasteiger partial charge on any atom is 0.299 e. The SMILES string of the molecule is O=[N+]([O-])Oc1cc2ccccc2c(S(=O)(=O)O)c1O[N+](=O)[O-]. The molecule has 12 heteroatoms. The highest BCUT2D eigenvalue weighted by Gasteiger charge is 2.27. The largest absolute Gasteiger partial charge is 0.299 e. The average molecular weight is 330 g/mol. The van der Waals surface area contributed by atoms with E-state index in [1.165, 1.54) is 24.3 Å². The summed E-state index contributed by atoms with van der Waals surface area (Å²) in [6, 6.07) is 6.47. The van der Waals surface area contributed by atoms with E-state index in [1.54, 1.807) is 0 Å².